The van der Waals surface area contributed by atoms with Crippen molar-refractivity contribution in [2.45, 2.75) is 18.5 Å². The molecular weight excluding hydrogens is 333 g/mol. The van der Waals surface area contributed by atoms with E-state index in [-0.39, 0.29) is 23.4 Å². The highest BCUT2D eigenvalue weighted by Gasteiger charge is 2.43. The zero-order valence-corrected chi connectivity index (χ0v) is 13.0. The van der Waals surface area contributed by atoms with Gasteiger partial charge in [0.05, 0.1) is 0 Å². The molecule has 7 heteroatoms. The van der Waals surface area contributed by atoms with Crippen LogP contribution in [0.3, 0.4) is 0 Å². The third-order valence-electron chi connectivity index (χ3n) is 4.02. The highest BCUT2D eigenvalue weighted by atomic mass is 19.4. The molecule has 2 aromatic carbocycles. The van der Waals surface area contributed by atoms with Gasteiger partial charge in [-0.05, 0) is 42.2 Å². The molecule has 1 saturated carbocycles. The Morgan fingerprint density at radius 1 is 0.880 bits per heavy atom. The summed E-state index contributed by atoms with van der Waals surface area (Å²) in [4.78, 5) is 23.1. The monoisotopic (exact) mass is 348 g/mol. The first-order valence-electron chi connectivity index (χ1n) is 7.68. The molecule has 0 spiro atoms. The third kappa shape index (κ3) is 4.17. The lowest BCUT2D eigenvalue weighted by Gasteiger charge is -2.09. The summed E-state index contributed by atoms with van der Waals surface area (Å²) in [5.41, 5.74) is 1.59. The summed E-state index contributed by atoms with van der Waals surface area (Å²) in [5, 5.41) is 4.49. The van der Waals surface area contributed by atoms with Crippen molar-refractivity contribution in [2.24, 2.45) is 5.92 Å². The molecule has 2 atom stereocenters. The van der Waals surface area contributed by atoms with Crippen LogP contribution in [0.1, 0.15) is 17.9 Å². The summed E-state index contributed by atoms with van der Waals surface area (Å²) in [7, 11) is 0. The maximum Gasteiger partial charge on any atom is 0.471 e. The first-order valence-corrected chi connectivity index (χ1v) is 7.68. The standard InChI is InChI=1S/C18H15F3N2O2/c19-18(20,21)17(25)23-13-8-6-12(7-9-13)22-16(24)15-10-14(15)11-4-2-1-3-5-11/h1-9,14-15H,10H2,(H,22,24)(H,23,25). The molecule has 1 fully saturated rings. The number of amides is 2. The van der Waals surface area contributed by atoms with Crippen LogP contribution in [-0.2, 0) is 9.59 Å². The number of hydrogen-bond donors (Lipinski definition) is 2. The number of halogens is 3. The van der Waals surface area contributed by atoms with Crippen LogP contribution in [0.2, 0.25) is 0 Å². The average molecular weight is 348 g/mol. The summed E-state index contributed by atoms with van der Waals surface area (Å²) >= 11 is 0. The van der Waals surface area contributed by atoms with Gasteiger partial charge in [0.25, 0.3) is 0 Å². The molecule has 4 nitrogen and oxygen atoms in total. The van der Waals surface area contributed by atoms with Crippen molar-refractivity contribution in [1.29, 1.82) is 0 Å². The van der Waals surface area contributed by atoms with E-state index in [1.165, 1.54) is 24.3 Å². The first-order chi connectivity index (χ1) is 11.8. The molecule has 25 heavy (non-hydrogen) atoms. The number of carbonyl (C=O) groups excluding carboxylic acids is 2. The quantitative estimate of drug-likeness (QED) is 0.880. The van der Waals surface area contributed by atoms with E-state index in [1.54, 1.807) is 5.32 Å². The average Bonchev–Trinajstić information content (AvgIpc) is 3.37. The lowest BCUT2D eigenvalue weighted by molar-refractivity contribution is -0.167. The van der Waals surface area contributed by atoms with Crippen molar-refractivity contribution >= 4 is 23.2 Å². The maximum atomic E-state index is 12.2. The van der Waals surface area contributed by atoms with Crippen LogP contribution in [0, 0.1) is 5.92 Å². The van der Waals surface area contributed by atoms with E-state index in [0.29, 0.717) is 5.69 Å². The molecule has 2 unspecified atom stereocenters. The highest BCUT2D eigenvalue weighted by Crippen LogP contribution is 2.47. The molecule has 2 aromatic rings. The van der Waals surface area contributed by atoms with Crippen LogP contribution in [-0.4, -0.2) is 18.0 Å². The molecule has 3 rings (SSSR count). The van der Waals surface area contributed by atoms with Gasteiger partial charge in [0.1, 0.15) is 0 Å². The van der Waals surface area contributed by atoms with Gasteiger partial charge in [-0.2, -0.15) is 13.2 Å². The van der Waals surface area contributed by atoms with E-state index in [0.717, 1.165) is 12.0 Å². The highest BCUT2D eigenvalue weighted by molar-refractivity contribution is 5.97. The first kappa shape index (κ1) is 17.0. The fourth-order valence-electron chi connectivity index (χ4n) is 2.63. The molecule has 0 radical (unpaired) electrons. The largest absolute Gasteiger partial charge is 0.471 e. The third-order valence-corrected chi connectivity index (χ3v) is 4.02. The minimum absolute atomic E-state index is 0.00825. The fraction of sp³-hybridized carbons (Fsp3) is 0.222. The van der Waals surface area contributed by atoms with Crippen LogP contribution in [0.25, 0.3) is 0 Å². The molecule has 0 aliphatic heterocycles. The topological polar surface area (TPSA) is 58.2 Å². The summed E-state index contributed by atoms with van der Waals surface area (Å²) in [6.45, 7) is 0. The van der Waals surface area contributed by atoms with Crippen molar-refractivity contribution in [3.05, 3.63) is 60.2 Å². The van der Waals surface area contributed by atoms with Crippen LogP contribution in [0.15, 0.2) is 54.6 Å². The molecule has 1 aliphatic rings. The Balaban J connectivity index is 1.55. The summed E-state index contributed by atoms with van der Waals surface area (Å²) in [5.74, 6) is -2.06. The molecular formula is C18H15F3N2O2. The second-order valence-corrected chi connectivity index (χ2v) is 5.88. The van der Waals surface area contributed by atoms with Crippen LogP contribution in [0.5, 0.6) is 0 Å². The Hall–Kier alpha value is -2.83. The molecule has 130 valence electrons. The smallest absolute Gasteiger partial charge is 0.326 e. The summed E-state index contributed by atoms with van der Waals surface area (Å²) in [6.07, 6.45) is -4.17. The van der Waals surface area contributed by atoms with Crippen molar-refractivity contribution in [3.63, 3.8) is 0 Å². The van der Waals surface area contributed by atoms with Gasteiger partial charge in [-0.15, -0.1) is 0 Å². The number of hydrogen-bond acceptors (Lipinski definition) is 2. The molecule has 2 amide bonds. The molecule has 2 N–H and O–H groups in total. The number of benzene rings is 2. The van der Waals surface area contributed by atoms with Crippen molar-refractivity contribution in [3.8, 4) is 0 Å². The number of alkyl halides is 3. The van der Waals surface area contributed by atoms with Crippen LogP contribution in [0.4, 0.5) is 24.5 Å². The van der Waals surface area contributed by atoms with Gasteiger partial charge in [-0.3, -0.25) is 9.59 Å². The van der Waals surface area contributed by atoms with Gasteiger partial charge >= 0.3 is 12.1 Å². The predicted molar refractivity (Wildman–Crippen MR) is 87.0 cm³/mol. The normalized spacial score (nSPS) is 19.2. The zero-order chi connectivity index (χ0) is 18.0. The number of carbonyl (C=O) groups is 2. The fourth-order valence-corrected chi connectivity index (χ4v) is 2.63. The lowest BCUT2D eigenvalue weighted by Crippen LogP contribution is -2.29. The molecule has 0 bridgehead atoms. The van der Waals surface area contributed by atoms with E-state index in [1.807, 2.05) is 30.3 Å². The predicted octanol–water partition coefficient (Wildman–Crippen LogP) is 3.93. The van der Waals surface area contributed by atoms with E-state index in [2.05, 4.69) is 5.32 Å². The van der Waals surface area contributed by atoms with Crippen molar-refractivity contribution < 1.29 is 22.8 Å². The zero-order valence-electron chi connectivity index (χ0n) is 13.0. The minimum atomic E-state index is -4.94. The number of nitrogens with one attached hydrogen (secondary N) is 2. The van der Waals surface area contributed by atoms with Gasteiger partial charge in [0.2, 0.25) is 5.91 Å². The van der Waals surface area contributed by atoms with Gasteiger partial charge in [-0.1, -0.05) is 30.3 Å². The van der Waals surface area contributed by atoms with Crippen molar-refractivity contribution in [1.82, 2.24) is 0 Å². The Labute approximate surface area is 142 Å². The molecule has 0 heterocycles. The molecule has 1 aliphatic carbocycles. The van der Waals surface area contributed by atoms with Gasteiger partial charge < -0.3 is 10.6 Å². The van der Waals surface area contributed by atoms with E-state index < -0.39 is 12.1 Å². The van der Waals surface area contributed by atoms with Gasteiger partial charge in [0.15, 0.2) is 0 Å². The van der Waals surface area contributed by atoms with E-state index in [4.69, 9.17) is 0 Å². The second kappa shape index (κ2) is 6.58. The SMILES string of the molecule is O=C(Nc1ccc(NC(=O)C(F)(F)F)cc1)C1CC1c1ccccc1. The van der Waals surface area contributed by atoms with Gasteiger partial charge in [-0.25, -0.2) is 0 Å². The van der Waals surface area contributed by atoms with Crippen LogP contribution >= 0.6 is 0 Å². The number of rotatable bonds is 4. The summed E-state index contributed by atoms with van der Waals surface area (Å²) < 4.78 is 36.6. The Morgan fingerprint density at radius 2 is 1.44 bits per heavy atom. The Kier molecular flexibility index (Phi) is 4.48. The lowest BCUT2D eigenvalue weighted by atomic mass is 10.1. The van der Waals surface area contributed by atoms with E-state index in [9.17, 15) is 22.8 Å². The van der Waals surface area contributed by atoms with Crippen molar-refractivity contribution in [2.75, 3.05) is 10.6 Å². The maximum absolute atomic E-state index is 12.2. The molecule has 0 aromatic heterocycles. The van der Waals surface area contributed by atoms with E-state index >= 15 is 0 Å². The molecule has 0 saturated heterocycles. The Bertz CT molecular complexity index is 773. The van der Waals surface area contributed by atoms with Crippen LogP contribution < -0.4 is 10.6 Å². The number of anilines is 2. The van der Waals surface area contributed by atoms with Gasteiger partial charge in [0, 0.05) is 17.3 Å². The second-order valence-electron chi connectivity index (χ2n) is 5.88. The summed E-state index contributed by atoms with van der Waals surface area (Å²) in [6, 6.07) is 15.2. The Morgan fingerprint density at radius 3 is 2.00 bits per heavy atom. The minimum Gasteiger partial charge on any atom is -0.326 e.